The van der Waals surface area contributed by atoms with Crippen LogP contribution in [0.4, 0.5) is 0 Å². The number of carboxylic acid groups (broad SMARTS) is 1. The van der Waals surface area contributed by atoms with Gasteiger partial charge in [0.1, 0.15) is 0 Å². The summed E-state index contributed by atoms with van der Waals surface area (Å²) in [6, 6.07) is 0. The fraction of sp³-hybridized carbons (Fsp3) is 0.818. The van der Waals surface area contributed by atoms with Crippen molar-refractivity contribution in [1.82, 2.24) is 0 Å². The van der Waals surface area contributed by atoms with Crippen LogP contribution in [0.25, 0.3) is 0 Å². The molecule has 5 rings (SSSR count). The van der Waals surface area contributed by atoms with Crippen LogP contribution in [0.3, 0.4) is 0 Å². The largest absolute Gasteiger partial charge is 0.478 e. The summed E-state index contributed by atoms with van der Waals surface area (Å²) in [5.74, 6) is 0.988. The Morgan fingerprint density at radius 3 is 2.22 bits per heavy atom. The van der Waals surface area contributed by atoms with Crippen LogP contribution >= 0.6 is 0 Å². The molecule has 0 heterocycles. The maximum absolute atomic E-state index is 13.6. The van der Waals surface area contributed by atoms with Gasteiger partial charge in [-0.25, -0.2) is 4.79 Å². The van der Waals surface area contributed by atoms with E-state index < -0.39 is 11.4 Å². The predicted molar refractivity (Wildman–Crippen MR) is 147 cm³/mol. The molecule has 0 bridgehead atoms. The molecule has 0 aromatic carbocycles. The fourth-order valence-electron chi connectivity index (χ4n) is 11.3. The van der Waals surface area contributed by atoms with Crippen LogP contribution in [0.5, 0.6) is 0 Å². The quantitative estimate of drug-likeness (QED) is 0.389. The number of allylic oxidation sites excluding steroid dienone is 3. The normalized spacial score (nSPS) is 47.3. The lowest BCUT2D eigenvalue weighted by molar-refractivity contribution is -0.227. The first kappa shape index (κ1) is 27.2. The second-order valence-corrected chi connectivity index (χ2v) is 15.4. The van der Waals surface area contributed by atoms with Crippen LogP contribution < -0.4 is 0 Å². The van der Waals surface area contributed by atoms with Crippen LogP contribution in [-0.4, -0.2) is 28.1 Å². The van der Waals surface area contributed by atoms with Crippen LogP contribution in [0.2, 0.25) is 0 Å². The Morgan fingerprint density at radius 1 is 0.919 bits per heavy atom. The van der Waals surface area contributed by atoms with Crippen LogP contribution in [0.1, 0.15) is 113 Å². The van der Waals surface area contributed by atoms with Gasteiger partial charge in [-0.1, -0.05) is 54.5 Å². The number of fused-ring (bicyclic) bond motifs is 7. The van der Waals surface area contributed by atoms with Gasteiger partial charge in [-0.15, -0.1) is 0 Å². The van der Waals surface area contributed by atoms with E-state index in [1.807, 2.05) is 6.08 Å². The Balaban J connectivity index is 1.62. The van der Waals surface area contributed by atoms with Crippen molar-refractivity contribution in [2.24, 2.45) is 50.7 Å². The molecule has 8 atom stereocenters. The molecule has 4 heteroatoms. The number of Topliss-reactive ketones (excluding diaryl/α,β-unsaturated/α-hetero) is 1. The maximum atomic E-state index is 13.6. The molecule has 0 unspecified atom stereocenters. The Morgan fingerprint density at radius 2 is 1.59 bits per heavy atom. The molecule has 5 aliphatic carbocycles. The van der Waals surface area contributed by atoms with Crippen molar-refractivity contribution >= 4 is 11.8 Å². The van der Waals surface area contributed by atoms with Gasteiger partial charge in [0.15, 0.2) is 5.78 Å². The summed E-state index contributed by atoms with van der Waals surface area (Å²) in [7, 11) is 0. The molecular formula is C33H50O4. The number of hydrogen-bond donors (Lipinski definition) is 2. The van der Waals surface area contributed by atoms with Crippen LogP contribution in [-0.2, 0) is 9.59 Å². The third-order valence-electron chi connectivity index (χ3n) is 13.3. The summed E-state index contributed by atoms with van der Waals surface area (Å²) in [6.07, 6.45) is 10.7. The molecule has 0 spiro atoms. The second-order valence-electron chi connectivity index (χ2n) is 15.4. The number of ketones is 1. The molecule has 4 fully saturated rings. The van der Waals surface area contributed by atoms with E-state index in [1.165, 1.54) is 12.0 Å². The number of carboxylic acids is 1. The van der Waals surface area contributed by atoms with Gasteiger partial charge in [-0.3, -0.25) is 4.79 Å². The van der Waals surface area contributed by atoms with Crippen molar-refractivity contribution in [1.29, 1.82) is 0 Å². The summed E-state index contributed by atoms with van der Waals surface area (Å²) < 4.78 is 0. The van der Waals surface area contributed by atoms with E-state index in [4.69, 9.17) is 0 Å². The smallest absolute Gasteiger partial charge is 0.330 e. The molecule has 0 aliphatic heterocycles. The van der Waals surface area contributed by atoms with E-state index in [2.05, 4.69) is 48.5 Å². The highest BCUT2D eigenvalue weighted by molar-refractivity contribution is 6.01. The average Bonchev–Trinajstić information content (AvgIpc) is 3.09. The van der Waals surface area contributed by atoms with Crippen LogP contribution in [0, 0.1) is 50.7 Å². The molecule has 4 nitrogen and oxygen atoms in total. The third kappa shape index (κ3) is 3.42. The summed E-state index contributed by atoms with van der Waals surface area (Å²) >= 11 is 0. The Labute approximate surface area is 224 Å². The molecule has 2 N–H and O–H groups in total. The number of hydrogen-bond acceptors (Lipinski definition) is 3. The zero-order chi connectivity index (χ0) is 27.3. The minimum Gasteiger partial charge on any atom is -0.478 e. The van der Waals surface area contributed by atoms with E-state index >= 15 is 0 Å². The molecule has 0 amide bonds. The molecule has 0 aromatic heterocycles. The monoisotopic (exact) mass is 510 g/mol. The van der Waals surface area contributed by atoms with Gasteiger partial charge in [0.05, 0.1) is 6.10 Å². The van der Waals surface area contributed by atoms with Gasteiger partial charge < -0.3 is 10.2 Å². The zero-order valence-corrected chi connectivity index (χ0v) is 24.5. The number of aliphatic carboxylic acids is 1. The van der Waals surface area contributed by atoms with Crippen molar-refractivity contribution in [2.75, 3.05) is 0 Å². The van der Waals surface area contributed by atoms with E-state index in [-0.39, 0.29) is 39.5 Å². The SMILES string of the molecule is C/C(=C\[C@@]12CC[C@]3(C)[C@H](CC[C@@H]4[C@@]5(C)CC[C@H](O)C(C)(C)[C@@H]5CC[C@]43C)C1=C(C(C)C)C(=O)C2)C(=O)O. The van der Waals surface area contributed by atoms with Crippen LogP contribution in [0.15, 0.2) is 22.8 Å². The summed E-state index contributed by atoms with van der Waals surface area (Å²) in [6.45, 7) is 18.2. The molecule has 206 valence electrons. The third-order valence-corrected chi connectivity index (χ3v) is 13.3. The van der Waals surface area contributed by atoms with E-state index in [9.17, 15) is 19.8 Å². The molecule has 0 aromatic rings. The standard InChI is InChI=1S/C33H50O4/c1-19(2)26-22(34)18-33(17-20(3)28(36)37)16-15-31(7)21(27(26)33)9-10-24-30(6)13-12-25(35)29(4,5)23(30)11-14-32(24,31)8/h17,19,21,23-25,35H,9-16,18H2,1-8H3,(H,36,37)/b20-17+/t21-,23+,24-,25+,30+,31-,32-,33-/m1/s1. The number of carbonyl (C=O) groups is 2. The zero-order valence-electron chi connectivity index (χ0n) is 24.5. The van der Waals surface area contributed by atoms with Crippen molar-refractivity contribution in [3.63, 3.8) is 0 Å². The lowest BCUT2D eigenvalue weighted by atomic mass is 9.33. The van der Waals surface area contributed by atoms with Crippen molar-refractivity contribution in [3.05, 3.63) is 22.8 Å². The minimum absolute atomic E-state index is 0.0574. The van der Waals surface area contributed by atoms with Gasteiger partial charge in [-0.05, 0) is 115 Å². The van der Waals surface area contributed by atoms with E-state index in [0.717, 1.165) is 50.5 Å². The fourth-order valence-corrected chi connectivity index (χ4v) is 11.3. The molecule has 37 heavy (non-hydrogen) atoms. The van der Waals surface area contributed by atoms with E-state index in [0.29, 0.717) is 29.7 Å². The highest BCUT2D eigenvalue weighted by Crippen LogP contribution is 2.76. The first-order chi connectivity index (χ1) is 17.0. The minimum atomic E-state index is -0.878. The van der Waals surface area contributed by atoms with Gasteiger partial charge in [-0.2, -0.15) is 0 Å². The Bertz CT molecular complexity index is 1080. The highest BCUT2D eigenvalue weighted by atomic mass is 16.4. The topological polar surface area (TPSA) is 74.6 Å². The van der Waals surface area contributed by atoms with Crippen molar-refractivity contribution in [3.8, 4) is 0 Å². The number of aliphatic hydroxyl groups is 1. The Kier molecular flexibility index (Phi) is 6.09. The first-order valence-corrected chi connectivity index (χ1v) is 14.9. The average molecular weight is 511 g/mol. The lowest BCUT2D eigenvalue weighted by Crippen LogP contribution is -2.65. The van der Waals surface area contributed by atoms with Gasteiger partial charge in [0.2, 0.25) is 0 Å². The Hall–Kier alpha value is -1.42. The highest BCUT2D eigenvalue weighted by Gasteiger charge is 2.69. The number of aliphatic hydroxyl groups excluding tert-OH is 1. The summed E-state index contributed by atoms with van der Waals surface area (Å²) in [5.41, 5.74) is 2.68. The summed E-state index contributed by atoms with van der Waals surface area (Å²) in [5, 5.41) is 20.7. The van der Waals surface area contributed by atoms with E-state index in [1.54, 1.807) is 6.92 Å². The number of rotatable bonds is 3. The molecular weight excluding hydrogens is 460 g/mol. The van der Waals surface area contributed by atoms with Crippen molar-refractivity contribution < 1.29 is 19.8 Å². The summed E-state index contributed by atoms with van der Waals surface area (Å²) in [4.78, 5) is 25.5. The maximum Gasteiger partial charge on any atom is 0.330 e. The predicted octanol–water partition coefficient (Wildman–Crippen LogP) is 7.36. The lowest BCUT2D eigenvalue weighted by Gasteiger charge is -2.72. The molecule has 4 saturated carbocycles. The van der Waals surface area contributed by atoms with Gasteiger partial charge in [0, 0.05) is 17.4 Å². The molecule has 5 aliphatic rings. The van der Waals surface area contributed by atoms with Gasteiger partial charge in [0.25, 0.3) is 0 Å². The molecule has 0 radical (unpaired) electrons. The molecule has 0 saturated heterocycles. The van der Waals surface area contributed by atoms with Gasteiger partial charge >= 0.3 is 5.97 Å². The number of carbonyl (C=O) groups excluding carboxylic acids is 1. The first-order valence-electron chi connectivity index (χ1n) is 14.9. The van der Waals surface area contributed by atoms with Crippen molar-refractivity contribution in [2.45, 2.75) is 119 Å². The second kappa shape index (κ2) is 8.29.